The van der Waals surface area contributed by atoms with E-state index in [1.807, 2.05) is 51.1 Å². The highest BCUT2D eigenvalue weighted by Gasteiger charge is 2.40. The van der Waals surface area contributed by atoms with Crippen LogP contribution in [0.4, 0.5) is 9.59 Å². The first kappa shape index (κ1) is 31.2. The average Bonchev–Trinajstić information content (AvgIpc) is 2.77. The molecule has 8 heteroatoms. The molecule has 1 aliphatic carbocycles. The first-order chi connectivity index (χ1) is 17.1. The molecule has 1 aliphatic rings. The minimum atomic E-state index is -1.79. The lowest BCUT2D eigenvalue weighted by Crippen LogP contribution is -2.47. The van der Waals surface area contributed by atoms with Crippen molar-refractivity contribution in [2.45, 2.75) is 116 Å². The van der Waals surface area contributed by atoms with E-state index in [1.54, 1.807) is 7.05 Å². The molecule has 210 valence electrons. The summed E-state index contributed by atoms with van der Waals surface area (Å²) in [5, 5.41) is 3.22. The van der Waals surface area contributed by atoms with Crippen molar-refractivity contribution >= 4 is 20.5 Å². The molecule has 2 rings (SSSR count). The maximum atomic E-state index is 12.7. The topological polar surface area (TPSA) is 77.1 Å². The molecule has 1 aromatic carbocycles. The number of carbonyl (C=O) groups is 2. The van der Waals surface area contributed by atoms with Gasteiger partial charge in [-0.2, -0.15) is 0 Å². The van der Waals surface area contributed by atoms with E-state index < -0.39 is 26.1 Å². The van der Waals surface area contributed by atoms with Crippen LogP contribution >= 0.6 is 0 Å². The number of nitrogens with one attached hydrogen (secondary N) is 1. The predicted octanol–water partition coefficient (Wildman–Crippen LogP) is 7.12. The zero-order valence-electron chi connectivity index (χ0n) is 24.6. The highest BCUT2D eigenvalue weighted by Crippen LogP contribution is 2.40. The molecule has 1 N–H and O–H groups in total. The van der Waals surface area contributed by atoms with Gasteiger partial charge in [0.15, 0.2) is 8.32 Å². The zero-order valence-corrected chi connectivity index (χ0v) is 25.6. The Kier molecular flexibility index (Phi) is 11.1. The van der Waals surface area contributed by atoms with E-state index in [0.29, 0.717) is 18.6 Å². The first-order valence-electron chi connectivity index (χ1n) is 13.6. The minimum absolute atomic E-state index is 0.200. The minimum Gasteiger partial charge on any atom is -0.445 e. The highest BCUT2D eigenvalue weighted by atomic mass is 28.4. The Morgan fingerprint density at radius 3 is 2.16 bits per heavy atom. The van der Waals surface area contributed by atoms with Gasteiger partial charge in [-0.3, -0.25) is 0 Å². The van der Waals surface area contributed by atoms with E-state index in [4.69, 9.17) is 13.9 Å². The zero-order chi connectivity index (χ0) is 27.9. The number of hydrogen-bond acceptors (Lipinski definition) is 5. The molecule has 0 heterocycles. The van der Waals surface area contributed by atoms with Crippen LogP contribution in [0.15, 0.2) is 30.3 Å². The lowest BCUT2D eigenvalue weighted by atomic mass is 9.83. The van der Waals surface area contributed by atoms with E-state index in [-0.39, 0.29) is 17.7 Å². The number of benzene rings is 1. The van der Waals surface area contributed by atoms with E-state index in [0.717, 1.165) is 37.7 Å². The van der Waals surface area contributed by atoms with E-state index in [2.05, 4.69) is 39.2 Å². The molecule has 0 saturated heterocycles. The van der Waals surface area contributed by atoms with Crippen LogP contribution < -0.4 is 5.32 Å². The molecule has 0 aromatic heterocycles. The van der Waals surface area contributed by atoms with Gasteiger partial charge in [0.2, 0.25) is 0 Å². The first-order valence-corrected chi connectivity index (χ1v) is 16.6. The van der Waals surface area contributed by atoms with E-state index >= 15 is 0 Å². The van der Waals surface area contributed by atoms with Gasteiger partial charge in [0.05, 0.1) is 6.04 Å². The van der Waals surface area contributed by atoms with Gasteiger partial charge in [-0.25, -0.2) is 9.59 Å². The summed E-state index contributed by atoms with van der Waals surface area (Å²) in [6.45, 7) is 17.6. The molecular formula is C29H50N2O5Si. The van der Waals surface area contributed by atoms with Crippen LogP contribution in [0.3, 0.4) is 0 Å². The van der Waals surface area contributed by atoms with Gasteiger partial charge in [-0.15, -0.1) is 0 Å². The van der Waals surface area contributed by atoms with Gasteiger partial charge in [0.25, 0.3) is 0 Å². The smallest absolute Gasteiger partial charge is 0.409 e. The summed E-state index contributed by atoms with van der Waals surface area (Å²) in [5.74, 6) is 0.452. The number of rotatable bonds is 9. The monoisotopic (exact) mass is 534 g/mol. The molecule has 2 amide bonds. The Balaban J connectivity index is 1.95. The van der Waals surface area contributed by atoms with E-state index in [1.165, 1.54) is 4.90 Å². The Hall–Kier alpha value is -2.06. The summed E-state index contributed by atoms with van der Waals surface area (Å²) in [5.41, 5.74) is 0.346. The van der Waals surface area contributed by atoms with Crippen LogP contribution in [0.5, 0.6) is 0 Å². The second-order valence-electron chi connectivity index (χ2n) is 13.0. The number of nitrogens with zero attached hydrogens (tertiary/aromatic N) is 1. The molecular weight excluding hydrogens is 484 g/mol. The number of hydrogen-bond donors (Lipinski definition) is 1. The fourth-order valence-electron chi connectivity index (χ4n) is 4.37. The van der Waals surface area contributed by atoms with Gasteiger partial charge in [0.1, 0.15) is 12.2 Å². The van der Waals surface area contributed by atoms with Crippen LogP contribution in [-0.2, 0) is 20.5 Å². The van der Waals surface area contributed by atoms with Crippen LogP contribution in [0, 0.1) is 5.92 Å². The lowest BCUT2D eigenvalue weighted by Gasteiger charge is -2.41. The Bertz CT molecular complexity index is 855. The average molecular weight is 535 g/mol. The molecule has 1 saturated carbocycles. The molecule has 1 atom stereocenters. The quantitative estimate of drug-likeness (QED) is 0.341. The van der Waals surface area contributed by atoms with Crippen molar-refractivity contribution in [2.75, 3.05) is 13.6 Å². The summed E-state index contributed by atoms with van der Waals surface area (Å²) in [6.07, 6.45) is 4.38. The van der Waals surface area contributed by atoms with Gasteiger partial charge in [-0.1, -0.05) is 51.1 Å². The van der Waals surface area contributed by atoms with Crippen molar-refractivity contribution < 1.29 is 23.5 Å². The van der Waals surface area contributed by atoms with Crippen molar-refractivity contribution in [3.05, 3.63) is 35.9 Å². The molecule has 1 fully saturated rings. The van der Waals surface area contributed by atoms with Crippen LogP contribution in [0.2, 0.25) is 18.1 Å². The molecule has 1 aromatic rings. The lowest BCUT2D eigenvalue weighted by molar-refractivity contribution is 0.0464. The maximum absolute atomic E-state index is 12.7. The summed E-state index contributed by atoms with van der Waals surface area (Å²) >= 11 is 0. The van der Waals surface area contributed by atoms with Gasteiger partial charge in [0, 0.05) is 19.7 Å². The maximum Gasteiger partial charge on any atom is 0.409 e. The van der Waals surface area contributed by atoms with Gasteiger partial charge < -0.3 is 24.1 Å². The van der Waals surface area contributed by atoms with Crippen molar-refractivity contribution in [2.24, 2.45) is 5.92 Å². The van der Waals surface area contributed by atoms with Crippen molar-refractivity contribution in [1.82, 2.24) is 10.2 Å². The summed E-state index contributed by atoms with van der Waals surface area (Å²) in [7, 11) is -0.0802. The van der Waals surface area contributed by atoms with Crippen LogP contribution in [0.25, 0.3) is 0 Å². The van der Waals surface area contributed by atoms with Crippen LogP contribution in [0.1, 0.15) is 79.2 Å². The second kappa shape index (κ2) is 13.1. The van der Waals surface area contributed by atoms with Gasteiger partial charge in [-0.05, 0) is 82.5 Å². The standard InChI is InChI=1S/C29H50N2O5Si/c1-28(2,3)35-26(32)30-24(20-31(7)27(33)34-21-23-13-11-10-12-14-23)19-22-15-17-25(18-16-22)36-37(8,9)29(4,5)6/h10-14,22,24-25H,15-21H2,1-9H3,(H,30,32)/t22?,24-,25?/m0/s1. The third-order valence-corrected chi connectivity index (χ3v) is 11.9. The molecule has 0 bridgehead atoms. The molecule has 0 aliphatic heterocycles. The van der Waals surface area contributed by atoms with Crippen molar-refractivity contribution in [1.29, 1.82) is 0 Å². The molecule has 7 nitrogen and oxygen atoms in total. The molecule has 0 radical (unpaired) electrons. The number of alkyl carbamates (subject to hydrolysis) is 1. The number of amides is 2. The number of likely N-dealkylation sites (N-methyl/N-ethyl adjacent to an activating group) is 1. The summed E-state index contributed by atoms with van der Waals surface area (Å²) in [4.78, 5) is 26.8. The number of ether oxygens (including phenoxy) is 2. The Morgan fingerprint density at radius 1 is 1.03 bits per heavy atom. The van der Waals surface area contributed by atoms with Crippen molar-refractivity contribution in [3.63, 3.8) is 0 Å². The molecule has 0 unspecified atom stereocenters. The fraction of sp³-hybridized carbons (Fsp3) is 0.724. The largest absolute Gasteiger partial charge is 0.445 e. The third kappa shape index (κ3) is 11.1. The fourth-order valence-corrected chi connectivity index (χ4v) is 5.79. The molecule has 37 heavy (non-hydrogen) atoms. The second-order valence-corrected chi connectivity index (χ2v) is 17.8. The van der Waals surface area contributed by atoms with Gasteiger partial charge >= 0.3 is 12.2 Å². The highest BCUT2D eigenvalue weighted by molar-refractivity contribution is 6.74. The van der Waals surface area contributed by atoms with E-state index in [9.17, 15) is 9.59 Å². The SMILES string of the molecule is CN(C[C@H](CC1CCC(O[Si](C)(C)C(C)(C)C)CC1)NC(=O)OC(C)(C)C)C(=O)OCc1ccccc1. The molecule has 0 spiro atoms. The predicted molar refractivity (Wildman–Crippen MR) is 151 cm³/mol. The summed E-state index contributed by atoms with van der Waals surface area (Å²) < 4.78 is 17.6. The van der Waals surface area contributed by atoms with Crippen LogP contribution in [-0.4, -0.2) is 56.7 Å². The summed E-state index contributed by atoms with van der Waals surface area (Å²) in [6, 6.07) is 9.37. The number of carbonyl (C=O) groups excluding carboxylic acids is 2. The Morgan fingerprint density at radius 2 is 1.62 bits per heavy atom. The Labute approximate surface area is 225 Å². The normalized spacial score (nSPS) is 19.6. The van der Waals surface area contributed by atoms with Crippen molar-refractivity contribution in [3.8, 4) is 0 Å². The third-order valence-electron chi connectivity index (χ3n) is 7.41.